The normalized spacial score (nSPS) is 15.5. The number of hydrogen-bond donors (Lipinski definition) is 0. The van der Waals surface area contributed by atoms with Gasteiger partial charge in [0, 0.05) is 0 Å². The average Bonchev–Trinajstić information content (AvgIpc) is 2.52. The number of hydrogen-bond acceptors (Lipinski definition) is 1. The van der Waals surface area contributed by atoms with Crippen LogP contribution in [-0.2, 0) is 4.74 Å². The molecule has 0 aliphatic heterocycles. The lowest BCUT2D eigenvalue weighted by Gasteiger charge is -2.16. The molecule has 0 bridgehead atoms. The summed E-state index contributed by atoms with van der Waals surface area (Å²) in [7, 11) is 0. The van der Waals surface area contributed by atoms with Gasteiger partial charge in [0.15, 0.2) is 0 Å². The zero-order valence-electron chi connectivity index (χ0n) is 11.5. The molecule has 0 saturated heterocycles. The molecule has 0 N–H and O–H groups in total. The fraction of sp³-hybridized carbons (Fsp3) is 0.625. The molecule has 0 unspecified atom stereocenters. The molecule has 1 rings (SSSR count). The van der Waals surface area contributed by atoms with Crippen LogP contribution in [0.3, 0.4) is 0 Å². The van der Waals surface area contributed by atoms with Gasteiger partial charge in [-0.2, -0.15) is 0 Å². The van der Waals surface area contributed by atoms with Crippen molar-refractivity contribution in [3.8, 4) is 0 Å². The highest BCUT2D eigenvalue weighted by Crippen LogP contribution is 2.17. The Morgan fingerprint density at radius 2 is 1.82 bits per heavy atom. The van der Waals surface area contributed by atoms with Gasteiger partial charge >= 0.3 is 0 Å². The van der Waals surface area contributed by atoms with Crippen LogP contribution in [0.15, 0.2) is 35.6 Å². The summed E-state index contributed by atoms with van der Waals surface area (Å²) in [5, 5.41) is 0. The van der Waals surface area contributed by atoms with Crippen molar-refractivity contribution in [1.82, 2.24) is 0 Å². The summed E-state index contributed by atoms with van der Waals surface area (Å²) in [5.74, 6) is 1.76. The highest BCUT2D eigenvalue weighted by Gasteiger charge is 2.08. The highest BCUT2D eigenvalue weighted by atomic mass is 16.5. The Balaban J connectivity index is 2.38. The molecule has 0 aromatic heterocycles. The average molecular weight is 234 g/mol. The van der Waals surface area contributed by atoms with Crippen LogP contribution >= 0.6 is 0 Å². The van der Waals surface area contributed by atoms with E-state index < -0.39 is 0 Å². The first-order valence-corrected chi connectivity index (χ1v) is 6.94. The SMILES string of the molecule is CCCC(CCC)COC1=CCC=C(C)C=C1. The van der Waals surface area contributed by atoms with E-state index in [1.54, 1.807) is 0 Å². The second-order valence-electron chi connectivity index (χ2n) is 4.88. The largest absolute Gasteiger partial charge is 0.494 e. The molecule has 0 heterocycles. The zero-order chi connectivity index (χ0) is 12.5. The van der Waals surface area contributed by atoms with Crippen LogP contribution in [0.2, 0.25) is 0 Å². The van der Waals surface area contributed by atoms with Crippen LogP contribution in [0.1, 0.15) is 52.9 Å². The smallest absolute Gasteiger partial charge is 0.115 e. The van der Waals surface area contributed by atoms with Crippen molar-refractivity contribution >= 4 is 0 Å². The first kappa shape index (κ1) is 14.1. The summed E-state index contributed by atoms with van der Waals surface area (Å²) in [6.45, 7) is 7.50. The Bertz CT molecular complexity index is 291. The predicted molar refractivity (Wildman–Crippen MR) is 74.9 cm³/mol. The molecule has 0 spiro atoms. The molecule has 17 heavy (non-hydrogen) atoms. The molecular formula is C16H26O. The van der Waals surface area contributed by atoms with Crippen LogP contribution in [0.5, 0.6) is 0 Å². The molecule has 1 aliphatic rings. The molecule has 1 aliphatic carbocycles. The Labute approximate surface area is 106 Å². The molecule has 0 amide bonds. The molecule has 1 nitrogen and oxygen atoms in total. The van der Waals surface area contributed by atoms with Gasteiger partial charge in [0.25, 0.3) is 0 Å². The second kappa shape index (κ2) is 8.16. The van der Waals surface area contributed by atoms with E-state index >= 15 is 0 Å². The van der Waals surface area contributed by atoms with E-state index in [1.807, 2.05) is 0 Å². The minimum absolute atomic E-state index is 0.719. The lowest BCUT2D eigenvalue weighted by Crippen LogP contribution is -2.08. The lowest BCUT2D eigenvalue weighted by molar-refractivity contribution is 0.162. The summed E-state index contributed by atoms with van der Waals surface area (Å²) in [4.78, 5) is 0. The Hall–Kier alpha value is -0.980. The van der Waals surface area contributed by atoms with Crippen LogP contribution < -0.4 is 0 Å². The van der Waals surface area contributed by atoms with Gasteiger partial charge in [0.1, 0.15) is 5.76 Å². The predicted octanol–water partition coefficient (Wildman–Crippen LogP) is 5.01. The van der Waals surface area contributed by atoms with Gasteiger partial charge < -0.3 is 4.74 Å². The van der Waals surface area contributed by atoms with E-state index in [-0.39, 0.29) is 0 Å². The van der Waals surface area contributed by atoms with Gasteiger partial charge in [0.05, 0.1) is 6.61 Å². The molecule has 0 aromatic carbocycles. The summed E-state index contributed by atoms with van der Waals surface area (Å²) in [6, 6.07) is 0. The maximum Gasteiger partial charge on any atom is 0.115 e. The van der Waals surface area contributed by atoms with E-state index in [2.05, 4.69) is 45.1 Å². The van der Waals surface area contributed by atoms with Gasteiger partial charge in [-0.3, -0.25) is 0 Å². The standard InChI is InChI=1S/C16H26O/c1-4-7-15(8-5-2)13-17-16-10-6-9-14(3)11-12-16/h9-12,15H,4-8,13H2,1-3H3. The van der Waals surface area contributed by atoms with Gasteiger partial charge in [-0.05, 0) is 44.3 Å². The van der Waals surface area contributed by atoms with Gasteiger partial charge in [0.2, 0.25) is 0 Å². The van der Waals surface area contributed by atoms with Crippen molar-refractivity contribution in [2.45, 2.75) is 52.9 Å². The molecule has 0 fully saturated rings. The first-order valence-electron chi connectivity index (χ1n) is 6.94. The number of ether oxygens (including phenoxy) is 1. The van der Waals surface area contributed by atoms with Crippen molar-refractivity contribution in [2.75, 3.05) is 6.61 Å². The van der Waals surface area contributed by atoms with Crippen molar-refractivity contribution in [3.05, 3.63) is 35.6 Å². The molecule has 0 atom stereocenters. The van der Waals surface area contributed by atoms with E-state index in [9.17, 15) is 0 Å². The molecule has 1 heteroatoms. The zero-order valence-corrected chi connectivity index (χ0v) is 11.5. The lowest BCUT2D eigenvalue weighted by atomic mass is 9.99. The van der Waals surface area contributed by atoms with E-state index in [1.165, 1.54) is 31.3 Å². The van der Waals surface area contributed by atoms with E-state index in [0.29, 0.717) is 0 Å². The fourth-order valence-electron chi connectivity index (χ4n) is 2.16. The summed E-state index contributed by atoms with van der Waals surface area (Å²) >= 11 is 0. The highest BCUT2D eigenvalue weighted by molar-refractivity contribution is 5.27. The third-order valence-corrected chi connectivity index (χ3v) is 3.15. The quantitative estimate of drug-likeness (QED) is 0.601. The summed E-state index contributed by atoms with van der Waals surface area (Å²) in [5.41, 5.74) is 1.32. The second-order valence-corrected chi connectivity index (χ2v) is 4.88. The van der Waals surface area contributed by atoms with Crippen molar-refractivity contribution in [3.63, 3.8) is 0 Å². The monoisotopic (exact) mass is 234 g/mol. The first-order chi connectivity index (χ1) is 8.26. The fourth-order valence-corrected chi connectivity index (χ4v) is 2.16. The Morgan fingerprint density at radius 3 is 2.47 bits per heavy atom. The Morgan fingerprint density at radius 1 is 1.12 bits per heavy atom. The van der Waals surface area contributed by atoms with Gasteiger partial charge in [-0.25, -0.2) is 0 Å². The number of rotatable bonds is 7. The Kier molecular flexibility index (Phi) is 6.76. The summed E-state index contributed by atoms with van der Waals surface area (Å²) < 4.78 is 5.92. The molecule has 96 valence electrons. The molecular weight excluding hydrogens is 208 g/mol. The van der Waals surface area contributed by atoms with Crippen LogP contribution in [0, 0.1) is 5.92 Å². The molecule has 0 saturated carbocycles. The van der Waals surface area contributed by atoms with Crippen molar-refractivity contribution in [2.24, 2.45) is 5.92 Å². The minimum Gasteiger partial charge on any atom is -0.494 e. The molecule has 0 radical (unpaired) electrons. The van der Waals surface area contributed by atoms with E-state index in [0.717, 1.165) is 24.7 Å². The third-order valence-electron chi connectivity index (χ3n) is 3.15. The topological polar surface area (TPSA) is 9.23 Å². The third kappa shape index (κ3) is 5.76. The van der Waals surface area contributed by atoms with Gasteiger partial charge in [-0.1, -0.05) is 44.4 Å². The molecule has 0 aromatic rings. The number of allylic oxidation sites excluding steroid dienone is 5. The van der Waals surface area contributed by atoms with Crippen LogP contribution in [-0.4, -0.2) is 6.61 Å². The maximum atomic E-state index is 5.92. The summed E-state index contributed by atoms with van der Waals surface area (Å²) in [6.07, 6.45) is 14.7. The van der Waals surface area contributed by atoms with Crippen LogP contribution in [0.25, 0.3) is 0 Å². The van der Waals surface area contributed by atoms with Gasteiger partial charge in [-0.15, -0.1) is 0 Å². The van der Waals surface area contributed by atoms with E-state index in [4.69, 9.17) is 4.74 Å². The van der Waals surface area contributed by atoms with Crippen molar-refractivity contribution in [1.29, 1.82) is 0 Å². The van der Waals surface area contributed by atoms with Crippen molar-refractivity contribution < 1.29 is 4.74 Å². The maximum absolute atomic E-state index is 5.92. The van der Waals surface area contributed by atoms with Crippen LogP contribution in [0.4, 0.5) is 0 Å². The minimum atomic E-state index is 0.719.